The first-order chi connectivity index (χ1) is 7.61. The van der Waals surface area contributed by atoms with E-state index in [0.29, 0.717) is 6.42 Å². The van der Waals surface area contributed by atoms with Gasteiger partial charge in [0, 0.05) is 0 Å². The minimum Gasteiger partial charge on any atom is -0.458 e. The van der Waals surface area contributed by atoms with Gasteiger partial charge in [-0.05, 0) is 13.3 Å². The highest BCUT2D eigenvalue weighted by molar-refractivity contribution is 6.36. The van der Waals surface area contributed by atoms with Crippen molar-refractivity contribution < 1.29 is 24.4 Å². The van der Waals surface area contributed by atoms with Crippen LogP contribution in [0.2, 0.25) is 0 Å². The van der Waals surface area contributed by atoms with Crippen LogP contribution in [0.1, 0.15) is 33.1 Å². The second kappa shape index (κ2) is 5.69. The maximum absolute atomic E-state index is 11.3. The summed E-state index contributed by atoms with van der Waals surface area (Å²) in [5.74, 6) is -0.816. The van der Waals surface area contributed by atoms with Crippen molar-refractivity contribution in [1.29, 1.82) is 0 Å². The summed E-state index contributed by atoms with van der Waals surface area (Å²) in [7, 11) is 0. The summed E-state index contributed by atoms with van der Waals surface area (Å²) >= 11 is 0. The van der Waals surface area contributed by atoms with Gasteiger partial charge in [-0.25, -0.2) is 4.79 Å². The quantitative estimate of drug-likeness (QED) is 0.546. The Morgan fingerprint density at radius 2 is 2.31 bits per heavy atom. The van der Waals surface area contributed by atoms with Crippen molar-refractivity contribution in [2.24, 2.45) is 0 Å². The molecule has 92 valence electrons. The fourth-order valence-corrected chi connectivity index (χ4v) is 1.54. The normalized spacial score (nSPS) is 24.4. The van der Waals surface area contributed by atoms with Crippen LogP contribution in [0.5, 0.6) is 0 Å². The second-order valence-electron chi connectivity index (χ2n) is 3.59. The summed E-state index contributed by atoms with van der Waals surface area (Å²) in [4.78, 5) is 16.3. The molecule has 0 unspecified atom stereocenters. The molecule has 0 aliphatic carbocycles. The largest absolute Gasteiger partial charge is 0.458 e. The molecule has 1 N–H and O–H groups in total. The predicted molar refractivity (Wildman–Crippen MR) is 55.7 cm³/mol. The lowest BCUT2D eigenvalue weighted by molar-refractivity contribution is -0.740. The van der Waals surface area contributed by atoms with E-state index in [9.17, 15) is 15.1 Å². The Morgan fingerprint density at radius 1 is 1.62 bits per heavy atom. The van der Waals surface area contributed by atoms with E-state index < -0.39 is 18.2 Å². The third-order valence-corrected chi connectivity index (χ3v) is 2.39. The number of hydrogen-bond donors (Lipinski definition) is 1. The molecule has 1 heterocycles. The zero-order valence-electron chi connectivity index (χ0n) is 9.51. The summed E-state index contributed by atoms with van der Waals surface area (Å²) < 4.78 is 4.66. The van der Waals surface area contributed by atoms with Gasteiger partial charge in [0.1, 0.15) is 6.10 Å². The van der Waals surface area contributed by atoms with Crippen molar-refractivity contribution >= 4 is 11.7 Å². The van der Waals surface area contributed by atoms with Gasteiger partial charge >= 0.3 is 11.7 Å². The Labute approximate surface area is 94.0 Å². The molecule has 2 atom stereocenters. The van der Waals surface area contributed by atoms with Gasteiger partial charge in [-0.3, -0.25) is 5.21 Å². The Bertz CT molecular complexity index is 289. The Balaban J connectivity index is 2.64. The number of hydrogen-bond acceptors (Lipinski definition) is 5. The molecule has 0 aromatic rings. The average molecular weight is 231 g/mol. The number of rotatable bonds is 5. The molecule has 0 spiro atoms. The van der Waals surface area contributed by atoms with Crippen molar-refractivity contribution in [3.05, 3.63) is 5.21 Å². The molecular weight excluding hydrogens is 214 g/mol. The number of carbonyl (C=O) groups is 1. The number of ether oxygens (including phenoxy) is 1. The molecule has 0 radical (unpaired) electrons. The molecule has 0 bridgehead atoms. The molecule has 6 nitrogen and oxygen atoms in total. The number of aliphatic hydroxyl groups excluding tert-OH is 1. The first-order valence-electron chi connectivity index (χ1n) is 5.47. The smallest absolute Gasteiger partial charge is 0.408 e. The van der Waals surface area contributed by atoms with Gasteiger partial charge in [0.2, 0.25) is 0 Å². The van der Waals surface area contributed by atoms with Crippen LogP contribution >= 0.6 is 0 Å². The highest BCUT2D eigenvalue weighted by Gasteiger charge is 2.44. The van der Waals surface area contributed by atoms with Gasteiger partial charge in [-0.2, -0.15) is 0 Å². The van der Waals surface area contributed by atoms with E-state index in [-0.39, 0.29) is 17.2 Å². The van der Waals surface area contributed by atoms with Crippen molar-refractivity contribution in [2.45, 2.75) is 45.3 Å². The summed E-state index contributed by atoms with van der Waals surface area (Å²) in [6.45, 7) is 3.78. The Kier molecular flexibility index (Phi) is 4.54. The highest BCUT2D eigenvalue weighted by atomic mass is 16.9. The molecular formula is C10H17NO5. The van der Waals surface area contributed by atoms with Crippen molar-refractivity contribution in [3.8, 4) is 0 Å². The number of carbonyl (C=O) groups excluding carboxylic acids is 1. The van der Waals surface area contributed by atoms with E-state index in [1.165, 1.54) is 0 Å². The van der Waals surface area contributed by atoms with Crippen molar-refractivity contribution in [2.75, 3.05) is 6.61 Å². The van der Waals surface area contributed by atoms with Crippen LogP contribution in [-0.2, 0) is 14.4 Å². The van der Waals surface area contributed by atoms with Gasteiger partial charge in [0.05, 0.1) is 11.5 Å². The van der Waals surface area contributed by atoms with E-state index in [4.69, 9.17) is 4.84 Å². The molecule has 0 amide bonds. The molecule has 6 heteroatoms. The average Bonchev–Trinajstić information content (AvgIpc) is 2.51. The maximum Gasteiger partial charge on any atom is 0.408 e. The Hall–Kier alpha value is -1.30. The van der Waals surface area contributed by atoms with Crippen LogP contribution in [0.3, 0.4) is 0 Å². The molecule has 1 aliphatic rings. The van der Waals surface area contributed by atoms with Crippen LogP contribution in [0.15, 0.2) is 0 Å². The van der Waals surface area contributed by atoms with Gasteiger partial charge < -0.3 is 14.7 Å². The number of esters is 1. The summed E-state index contributed by atoms with van der Waals surface area (Å²) in [6.07, 6.45) is 0.463. The lowest BCUT2D eigenvalue weighted by Crippen LogP contribution is -2.35. The summed E-state index contributed by atoms with van der Waals surface area (Å²) in [6, 6.07) is 0. The maximum atomic E-state index is 11.3. The first-order valence-corrected chi connectivity index (χ1v) is 5.47. The number of unbranched alkanes of at least 4 members (excludes halogenated alkanes) is 1. The zero-order valence-corrected chi connectivity index (χ0v) is 9.51. The molecule has 0 saturated carbocycles. The van der Waals surface area contributed by atoms with Crippen LogP contribution in [0.4, 0.5) is 0 Å². The first kappa shape index (κ1) is 12.8. The SMILES string of the molecule is CCCC[C@H]1O[N+]([O-])=C(C(=O)OCC)[C@@H]1O. The third kappa shape index (κ3) is 2.63. The van der Waals surface area contributed by atoms with E-state index in [1.54, 1.807) is 6.92 Å². The summed E-state index contributed by atoms with van der Waals surface area (Å²) in [5.41, 5.74) is -0.358. The molecule has 1 aliphatic heterocycles. The van der Waals surface area contributed by atoms with Crippen LogP contribution in [-0.4, -0.2) is 40.5 Å². The van der Waals surface area contributed by atoms with E-state index in [1.807, 2.05) is 6.92 Å². The molecule has 0 aromatic carbocycles. The minimum absolute atomic E-state index is 0.0724. The second-order valence-corrected chi connectivity index (χ2v) is 3.59. The Morgan fingerprint density at radius 3 is 2.88 bits per heavy atom. The van der Waals surface area contributed by atoms with Crippen molar-refractivity contribution in [1.82, 2.24) is 0 Å². The van der Waals surface area contributed by atoms with E-state index >= 15 is 0 Å². The predicted octanol–water partition coefficient (Wildman–Crippen LogP) is 0.366. The number of nitrogens with zero attached hydrogens (tertiary/aromatic N) is 1. The van der Waals surface area contributed by atoms with Gasteiger partial charge in [-0.15, -0.1) is 0 Å². The third-order valence-electron chi connectivity index (χ3n) is 2.39. The minimum atomic E-state index is -1.19. The summed E-state index contributed by atoms with van der Waals surface area (Å²) in [5, 5.41) is 21.0. The van der Waals surface area contributed by atoms with Crippen LogP contribution < -0.4 is 0 Å². The van der Waals surface area contributed by atoms with Gasteiger partial charge in [0.15, 0.2) is 6.10 Å². The molecule has 1 rings (SSSR count). The molecule has 0 saturated heterocycles. The van der Waals surface area contributed by atoms with Crippen LogP contribution in [0, 0.1) is 5.21 Å². The van der Waals surface area contributed by atoms with E-state index in [0.717, 1.165) is 12.8 Å². The lowest BCUT2D eigenvalue weighted by Gasteiger charge is -2.13. The number of aliphatic hydroxyl groups is 1. The standard InChI is InChI=1S/C10H17NO5/c1-3-5-6-7-9(12)8(11(14)16-7)10(13)15-4-2/h7,9,12H,3-6H2,1-2H3/t7-,9-/m1/s1. The monoisotopic (exact) mass is 231 g/mol. The molecule has 0 aromatic heterocycles. The van der Waals surface area contributed by atoms with Gasteiger partial charge in [-0.1, -0.05) is 19.8 Å². The van der Waals surface area contributed by atoms with Gasteiger partial charge in [0.25, 0.3) is 0 Å². The topological polar surface area (TPSA) is 81.8 Å². The van der Waals surface area contributed by atoms with Crippen LogP contribution in [0.25, 0.3) is 0 Å². The van der Waals surface area contributed by atoms with Crippen molar-refractivity contribution in [3.63, 3.8) is 0 Å². The highest BCUT2D eigenvalue weighted by Crippen LogP contribution is 2.17. The molecule has 16 heavy (non-hydrogen) atoms. The fourth-order valence-electron chi connectivity index (χ4n) is 1.54. The lowest BCUT2D eigenvalue weighted by atomic mass is 10.0. The fraction of sp³-hybridized carbons (Fsp3) is 0.800. The zero-order chi connectivity index (χ0) is 12.1. The molecule has 0 fully saturated rings. The van der Waals surface area contributed by atoms with E-state index in [2.05, 4.69) is 4.74 Å².